The van der Waals surface area contributed by atoms with Crippen LogP contribution in [0.25, 0.3) is 0 Å². The monoisotopic (exact) mass is 292 g/mol. The first kappa shape index (κ1) is 14.5. The van der Waals surface area contributed by atoms with Crippen LogP contribution >= 0.6 is 0 Å². The Bertz CT molecular complexity index is 454. The van der Waals surface area contributed by atoms with Crippen molar-refractivity contribution in [1.82, 2.24) is 20.0 Å². The van der Waals surface area contributed by atoms with Crippen molar-refractivity contribution in [2.45, 2.75) is 44.4 Å². The first-order valence-corrected chi connectivity index (χ1v) is 7.90. The van der Waals surface area contributed by atoms with Gasteiger partial charge in [0.15, 0.2) is 0 Å². The van der Waals surface area contributed by atoms with Gasteiger partial charge in [-0.1, -0.05) is 0 Å². The van der Waals surface area contributed by atoms with Crippen molar-refractivity contribution in [1.29, 1.82) is 0 Å². The number of aliphatic hydroxyl groups is 1. The SMILES string of the molecule is O=C([C@@H]1C[C@@H](O)CN1)N1CCC(CCn2cccn2)CC1. The molecule has 1 aromatic heterocycles. The second-order valence-corrected chi connectivity index (χ2v) is 6.18. The van der Waals surface area contributed by atoms with E-state index in [1.165, 1.54) is 0 Å². The third-order valence-electron chi connectivity index (χ3n) is 4.66. The van der Waals surface area contributed by atoms with E-state index in [9.17, 15) is 9.90 Å². The summed E-state index contributed by atoms with van der Waals surface area (Å²) in [6.45, 7) is 3.19. The zero-order valence-electron chi connectivity index (χ0n) is 12.3. The van der Waals surface area contributed by atoms with Crippen LogP contribution in [-0.2, 0) is 11.3 Å². The van der Waals surface area contributed by atoms with Crippen LogP contribution in [0.2, 0.25) is 0 Å². The van der Waals surface area contributed by atoms with Gasteiger partial charge in [0.25, 0.3) is 0 Å². The largest absolute Gasteiger partial charge is 0.392 e. The fraction of sp³-hybridized carbons (Fsp3) is 0.733. The minimum atomic E-state index is -0.370. The summed E-state index contributed by atoms with van der Waals surface area (Å²) < 4.78 is 1.97. The molecule has 21 heavy (non-hydrogen) atoms. The fourth-order valence-corrected chi connectivity index (χ4v) is 3.32. The van der Waals surface area contributed by atoms with E-state index in [4.69, 9.17) is 0 Å². The number of aliphatic hydroxyl groups excluding tert-OH is 1. The van der Waals surface area contributed by atoms with Crippen molar-refractivity contribution in [3.05, 3.63) is 18.5 Å². The number of β-amino-alcohol motifs (C(OH)–C–C–N with tert-alkyl or cyclic N) is 1. The molecular weight excluding hydrogens is 268 g/mol. The average Bonchev–Trinajstić information content (AvgIpc) is 3.16. The topological polar surface area (TPSA) is 70.4 Å². The normalized spacial score (nSPS) is 27.2. The summed E-state index contributed by atoms with van der Waals surface area (Å²) in [5.74, 6) is 0.845. The predicted molar refractivity (Wildman–Crippen MR) is 78.6 cm³/mol. The molecule has 0 aromatic carbocycles. The van der Waals surface area contributed by atoms with Crippen LogP contribution in [0.15, 0.2) is 18.5 Å². The number of amides is 1. The number of carbonyl (C=O) groups is 1. The summed E-state index contributed by atoms with van der Waals surface area (Å²) >= 11 is 0. The Labute approximate surface area is 125 Å². The smallest absolute Gasteiger partial charge is 0.239 e. The third-order valence-corrected chi connectivity index (χ3v) is 4.66. The first-order chi connectivity index (χ1) is 10.2. The zero-order chi connectivity index (χ0) is 14.7. The van der Waals surface area contributed by atoms with E-state index in [0.29, 0.717) is 18.9 Å². The number of hydrogen-bond acceptors (Lipinski definition) is 4. The van der Waals surface area contributed by atoms with Gasteiger partial charge in [0, 0.05) is 38.6 Å². The number of rotatable bonds is 4. The maximum atomic E-state index is 12.3. The van der Waals surface area contributed by atoms with Crippen molar-refractivity contribution in [2.24, 2.45) is 5.92 Å². The summed E-state index contributed by atoms with van der Waals surface area (Å²) in [5, 5.41) is 16.8. The molecule has 3 rings (SSSR count). The Balaban J connectivity index is 1.41. The highest BCUT2D eigenvalue weighted by Gasteiger charge is 2.32. The Hall–Kier alpha value is -1.40. The lowest BCUT2D eigenvalue weighted by atomic mass is 9.93. The molecular formula is C15H24N4O2. The second kappa shape index (κ2) is 6.58. The summed E-state index contributed by atoms with van der Waals surface area (Å²) in [6, 6.07) is 1.77. The van der Waals surface area contributed by atoms with Crippen molar-refractivity contribution >= 4 is 5.91 Å². The summed E-state index contributed by atoms with van der Waals surface area (Å²) in [4.78, 5) is 14.3. The molecule has 1 amide bonds. The van der Waals surface area contributed by atoms with Crippen LogP contribution in [0.3, 0.4) is 0 Å². The van der Waals surface area contributed by atoms with E-state index < -0.39 is 0 Å². The number of piperidine rings is 1. The molecule has 2 aliphatic rings. The molecule has 116 valence electrons. The molecule has 0 aliphatic carbocycles. The lowest BCUT2D eigenvalue weighted by Gasteiger charge is -2.33. The number of aromatic nitrogens is 2. The van der Waals surface area contributed by atoms with E-state index in [1.807, 2.05) is 28.0 Å². The van der Waals surface area contributed by atoms with Gasteiger partial charge in [-0.05, 0) is 37.7 Å². The van der Waals surface area contributed by atoms with Gasteiger partial charge >= 0.3 is 0 Å². The van der Waals surface area contributed by atoms with Gasteiger partial charge < -0.3 is 15.3 Å². The first-order valence-electron chi connectivity index (χ1n) is 7.90. The molecule has 1 aromatic rings. The lowest BCUT2D eigenvalue weighted by molar-refractivity contribution is -0.134. The standard InChI is InChI=1S/C15H24N4O2/c20-13-10-14(16-11-13)15(21)18-7-2-12(3-8-18)4-9-19-6-1-5-17-19/h1,5-6,12-14,16,20H,2-4,7-11H2/t13-,14+/m1/s1. The molecule has 2 aliphatic heterocycles. The van der Waals surface area contributed by atoms with E-state index in [2.05, 4.69) is 10.4 Å². The van der Waals surface area contributed by atoms with Crippen LogP contribution < -0.4 is 5.32 Å². The van der Waals surface area contributed by atoms with Gasteiger partial charge in [0.2, 0.25) is 5.91 Å². The van der Waals surface area contributed by atoms with Crippen LogP contribution in [0.1, 0.15) is 25.7 Å². The quantitative estimate of drug-likeness (QED) is 0.834. The highest BCUT2D eigenvalue weighted by atomic mass is 16.3. The van der Waals surface area contributed by atoms with Crippen LogP contribution in [0, 0.1) is 5.92 Å². The summed E-state index contributed by atoms with van der Waals surface area (Å²) in [7, 11) is 0. The molecule has 2 fully saturated rings. The number of aryl methyl sites for hydroxylation is 1. The van der Waals surface area contributed by atoms with Gasteiger partial charge in [-0.2, -0.15) is 5.10 Å². The fourth-order valence-electron chi connectivity index (χ4n) is 3.32. The molecule has 3 heterocycles. The van der Waals surface area contributed by atoms with Crippen molar-refractivity contribution in [3.8, 4) is 0 Å². The minimum Gasteiger partial charge on any atom is -0.392 e. The molecule has 6 heteroatoms. The molecule has 6 nitrogen and oxygen atoms in total. The molecule has 2 saturated heterocycles. The van der Waals surface area contributed by atoms with Gasteiger partial charge in [-0.3, -0.25) is 9.48 Å². The molecule has 0 bridgehead atoms. The number of carbonyl (C=O) groups excluding carboxylic acids is 1. The zero-order valence-corrected chi connectivity index (χ0v) is 12.3. The van der Waals surface area contributed by atoms with E-state index in [0.717, 1.165) is 38.9 Å². The van der Waals surface area contributed by atoms with E-state index in [1.54, 1.807) is 0 Å². The highest BCUT2D eigenvalue weighted by molar-refractivity contribution is 5.82. The van der Waals surface area contributed by atoms with Crippen LogP contribution in [0.4, 0.5) is 0 Å². The molecule has 0 spiro atoms. The van der Waals surface area contributed by atoms with Crippen molar-refractivity contribution in [3.63, 3.8) is 0 Å². The Morgan fingerprint density at radius 2 is 2.19 bits per heavy atom. The average molecular weight is 292 g/mol. The maximum Gasteiger partial charge on any atom is 0.239 e. The van der Waals surface area contributed by atoms with Crippen LogP contribution in [0.5, 0.6) is 0 Å². The predicted octanol–water partition coefficient (Wildman–Crippen LogP) is 0.235. The van der Waals surface area contributed by atoms with Crippen molar-refractivity contribution < 1.29 is 9.90 Å². The molecule has 0 saturated carbocycles. The van der Waals surface area contributed by atoms with Gasteiger partial charge in [-0.15, -0.1) is 0 Å². The molecule has 2 N–H and O–H groups in total. The Kier molecular flexibility index (Phi) is 4.55. The second-order valence-electron chi connectivity index (χ2n) is 6.18. The Morgan fingerprint density at radius 1 is 1.38 bits per heavy atom. The Morgan fingerprint density at radius 3 is 2.81 bits per heavy atom. The number of hydrogen-bond donors (Lipinski definition) is 2. The van der Waals surface area contributed by atoms with E-state index in [-0.39, 0.29) is 18.1 Å². The summed E-state index contributed by atoms with van der Waals surface area (Å²) in [6.07, 6.45) is 7.26. The maximum absolute atomic E-state index is 12.3. The van der Waals surface area contributed by atoms with E-state index >= 15 is 0 Å². The van der Waals surface area contributed by atoms with Crippen molar-refractivity contribution in [2.75, 3.05) is 19.6 Å². The number of nitrogens with zero attached hydrogens (tertiary/aromatic N) is 3. The third kappa shape index (κ3) is 3.63. The molecule has 0 radical (unpaired) electrons. The molecule has 0 unspecified atom stereocenters. The van der Waals surface area contributed by atoms with Gasteiger partial charge in [0.1, 0.15) is 0 Å². The number of likely N-dealkylation sites (tertiary alicyclic amines) is 1. The number of nitrogens with one attached hydrogen (secondary N) is 1. The van der Waals surface area contributed by atoms with Gasteiger partial charge in [-0.25, -0.2) is 0 Å². The molecule has 2 atom stereocenters. The highest BCUT2D eigenvalue weighted by Crippen LogP contribution is 2.22. The lowest BCUT2D eigenvalue weighted by Crippen LogP contribution is -2.47. The van der Waals surface area contributed by atoms with Gasteiger partial charge in [0.05, 0.1) is 12.1 Å². The van der Waals surface area contributed by atoms with Crippen LogP contribution in [-0.4, -0.2) is 57.5 Å². The minimum absolute atomic E-state index is 0.164. The summed E-state index contributed by atoms with van der Waals surface area (Å²) in [5.41, 5.74) is 0.